The van der Waals surface area contributed by atoms with Gasteiger partial charge in [-0.15, -0.1) is 0 Å². The van der Waals surface area contributed by atoms with Gasteiger partial charge in [-0.2, -0.15) is 5.26 Å². The minimum atomic E-state index is -0.605. The summed E-state index contributed by atoms with van der Waals surface area (Å²) in [5, 5.41) is 19.9. The van der Waals surface area contributed by atoms with Crippen molar-refractivity contribution in [3.8, 4) is 11.8 Å². The fraction of sp³-hybridized carbons (Fsp3) is 0.167. The first-order valence-corrected chi connectivity index (χ1v) is 13.0. The maximum Gasteiger partial charge on any atom is 0.254 e. The Hall–Kier alpha value is -4.48. The van der Waals surface area contributed by atoms with Crippen LogP contribution in [0.4, 0.5) is 5.69 Å². The molecule has 0 unspecified atom stereocenters. The number of amides is 2. The summed E-state index contributed by atoms with van der Waals surface area (Å²) >= 11 is 1.25. The maximum atomic E-state index is 13.6. The van der Waals surface area contributed by atoms with Crippen molar-refractivity contribution in [3.05, 3.63) is 118 Å². The predicted molar refractivity (Wildman–Crippen MR) is 150 cm³/mol. The van der Waals surface area contributed by atoms with Crippen LogP contribution in [0.25, 0.3) is 0 Å². The van der Waals surface area contributed by atoms with Crippen LogP contribution in [0, 0.1) is 11.3 Å². The first-order chi connectivity index (χ1) is 18.5. The van der Waals surface area contributed by atoms with E-state index in [-0.39, 0.29) is 17.6 Å². The third-order valence-electron chi connectivity index (χ3n) is 6.06. The molecule has 7 nitrogen and oxygen atoms in total. The van der Waals surface area contributed by atoms with Crippen LogP contribution >= 0.6 is 11.8 Å². The molecule has 1 aliphatic rings. The van der Waals surface area contributed by atoms with Crippen LogP contribution in [-0.2, 0) is 16.1 Å². The summed E-state index contributed by atoms with van der Waals surface area (Å²) in [4.78, 5) is 26.2. The second-order valence-corrected chi connectivity index (χ2v) is 9.55. The molecule has 3 aromatic rings. The monoisotopic (exact) mass is 524 g/mol. The average molecular weight is 525 g/mol. The van der Waals surface area contributed by atoms with Crippen molar-refractivity contribution in [3.63, 3.8) is 0 Å². The molecular weight excluding hydrogens is 496 g/mol. The van der Waals surface area contributed by atoms with Gasteiger partial charge in [0.05, 0.1) is 41.1 Å². The number of carbonyl (C=O) groups is 2. The highest BCUT2D eigenvalue weighted by molar-refractivity contribution is 8.03. The summed E-state index contributed by atoms with van der Waals surface area (Å²) in [5.41, 5.74) is 3.76. The fourth-order valence-corrected chi connectivity index (χ4v) is 5.15. The van der Waals surface area contributed by atoms with E-state index in [0.29, 0.717) is 39.9 Å². The van der Waals surface area contributed by atoms with Crippen molar-refractivity contribution in [2.75, 3.05) is 18.2 Å². The lowest BCUT2D eigenvalue weighted by molar-refractivity contribution is -0.118. The van der Waals surface area contributed by atoms with Crippen molar-refractivity contribution < 1.29 is 14.3 Å². The number of anilines is 1. The topological polar surface area (TPSA) is 103 Å². The number of methoxy groups -OCH3 is 1. The van der Waals surface area contributed by atoms with E-state index < -0.39 is 5.92 Å². The maximum absolute atomic E-state index is 13.6. The molecular formula is C30H28N4O3S. The SMILES string of the molecule is COc1ccccc1NC(=O)C1=C(C)NC(SCC(=O)NCc2ccccc2)=C(C#N)[C@H]1c1ccccc1. The van der Waals surface area contributed by atoms with Crippen LogP contribution < -0.4 is 20.7 Å². The van der Waals surface area contributed by atoms with Crippen molar-refractivity contribution in [1.82, 2.24) is 10.6 Å². The lowest BCUT2D eigenvalue weighted by Gasteiger charge is -2.30. The van der Waals surface area contributed by atoms with E-state index in [0.717, 1.165) is 11.1 Å². The number of thioether (sulfide) groups is 1. The van der Waals surface area contributed by atoms with Crippen LogP contribution in [-0.4, -0.2) is 24.7 Å². The molecule has 0 bridgehead atoms. The molecule has 0 aromatic heterocycles. The zero-order valence-corrected chi connectivity index (χ0v) is 22.0. The van der Waals surface area contributed by atoms with Gasteiger partial charge in [0, 0.05) is 17.8 Å². The van der Waals surface area contributed by atoms with Gasteiger partial charge in [-0.25, -0.2) is 0 Å². The van der Waals surface area contributed by atoms with E-state index in [1.807, 2.05) is 72.8 Å². The summed E-state index contributed by atoms with van der Waals surface area (Å²) in [6, 6.07) is 28.6. The second kappa shape index (κ2) is 12.7. The van der Waals surface area contributed by atoms with Gasteiger partial charge in [0.25, 0.3) is 5.91 Å². The van der Waals surface area contributed by atoms with E-state index in [1.165, 1.54) is 11.8 Å². The molecule has 8 heteroatoms. The van der Waals surface area contributed by atoms with E-state index in [9.17, 15) is 14.9 Å². The van der Waals surface area contributed by atoms with Crippen molar-refractivity contribution in [2.45, 2.75) is 19.4 Å². The number of allylic oxidation sites excluding steroid dienone is 2. The Labute approximate surface area is 226 Å². The number of hydrogen-bond donors (Lipinski definition) is 3. The Balaban J connectivity index is 1.58. The Morgan fingerprint density at radius 3 is 2.34 bits per heavy atom. The van der Waals surface area contributed by atoms with Gasteiger partial charge in [-0.05, 0) is 30.2 Å². The second-order valence-electron chi connectivity index (χ2n) is 8.57. The minimum absolute atomic E-state index is 0.123. The molecule has 0 saturated heterocycles. The summed E-state index contributed by atoms with van der Waals surface area (Å²) in [5.74, 6) is -0.438. The van der Waals surface area contributed by atoms with Gasteiger partial charge < -0.3 is 20.7 Å². The molecule has 3 aromatic carbocycles. The fourth-order valence-electron chi connectivity index (χ4n) is 4.23. The first kappa shape index (κ1) is 26.6. The third-order valence-corrected chi connectivity index (χ3v) is 7.08. The van der Waals surface area contributed by atoms with E-state index in [2.05, 4.69) is 22.0 Å². The van der Waals surface area contributed by atoms with Crippen molar-refractivity contribution in [1.29, 1.82) is 5.26 Å². The van der Waals surface area contributed by atoms with Gasteiger partial charge in [0.1, 0.15) is 5.75 Å². The normalized spacial score (nSPS) is 14.8. The molecule has 38 heavy (non-hydrogen) atoms. The zero-order chi connectivity index (χ0) is 26.9. The largest absolute Gasteiger partial charge is 0.495 e. The molecule has 0 aliphatic carbocycles. The molecule has 0 saturated carbocycles. The van der Waals surface area contributed by atoms with Crippen molar-refractivity contribution in [2.24, 2.45) is 0 Å². The van der Waals surface area contributed by atoms with Gasteiger partial charge in [0.15, 0.2) is 0 Å². The highest BCUT2D eigenvalue weighted by atomic mass is 32.2. The Morgan fingerprint density at radius 2 is 1.66 bits per heavy atom. The number of para-hydroxylation sites is 2. The smallest absolute Gasteiger partial charge is 0.254 e. The van der Waals surface area contributed by atoms with Gasteiger partial charge in [-0.3, -0.25) is 9.59 Å². The number of dihydropyridines is 1. The molecule has 3 N–H and O–H groups in total. The highest BCUT2D eigenvalue weighted by Crippen LogP contribution is 2.41. The molecule has 1 heterocycles. The van der Waals surface area contributed by atoms with Crippen LogP contribution in [0.2, 0.25) is 0 Å². The van der Waals surface area contributed by atoms with Gasteiger partial charge >= 0.3 is 0 Å². The average Bonchev–Trinajstić information content (AvgIpc) is 2.95. The molecule has 1 aliphatic heterocycles. The third kappa shape index (κ3) is 6.25. The number of nitriles is 1. The van der Waals surface area contributed by atoms with E-state index >= 15 is 0 Å². The predicted octanol–water partition coefficient (Wildman–Crippen LogP) is 5.08. The van der Waals surface area contributed by atoms with Gasteiger partial charge in [-0.1, -0.05) is 84.6 Å². The van der Waals surface area contributed by atoms with Gasteiger partial charge in [0.2, 0.25) is 5.91 Å². The summed E-state index contributed by atoms with van der Waals surface area (Å²) < 4.78 is 5.38. The van der Waals surface area contributed by atoms with Crippen LogP contribution in [0.5, 0.6) is 5.75 Å². The number of rotatable bonds is 9. The molecule has 1 atom stereocenters. The molecule has 2 amide bonds. The summed E-state index contributed by atoms with van der Waals surface area (Å²) in [6.45, 7) is 2.23. The number of benzene rings is 3. The Bertz CT molecular complexity index is 1410. The zero-order valence-electron chi connectivity index (χ0n) is 21.2. The summed E-state index contributed by atoms with van der Waals surface area (Å²) in [6.07, 6.45) is 0. The number of ether oxygens (including phenoxy) is 1. The van der Waals surface area contributed by atoms with E-state index in [4.69, 9.17) is 4.74 Å². The molecule has 0 radical (unpaired) electrons. The molecule has 4 rings (SSSR count). The lowest BCUT2D eigenvalue weighted by Crippen LogP contribution is -2.31. The van der Waals surface area contributed by atoms with Crippen LogP contribution in [0.1, 0.15) is 24.0 Å². The molecule has 192 valence electrons. The van der Waals surface area contributed by atoms with Crippen molar-refractivity contribution >= 4 is 29.3 Å². The lowest BCUT2D eigenvalue weighted by atomic mass is 9.82. The Morgan fingerprint density at radius 1 is 1.00 bits per heavy atom. The number of carbonyl (C=O) groups excluding carboxylic acids is 2. The van der Waals surface area contributed by atoms with Crippen LogP contribution in [0.3, 0.4) is 0 Å². The Kier molecular flexibility index (Phi) is 8.85. The summed E-state index contributed by atoms with van der Waals surface area (Å²) in [7, 11) is 1.54. The van der Waals surface area contributed by atoms with Crippen LogP contribution in [0.15, 0.2) is 107 Å². The highest BCUT2D eigenvalue weighted by Gasteiger charge is 2.35. The number of hydrogen-bond acceptors (Lipinski definition) is 6. The first-order valence-electron chi connectivity index (χ1n) is 12.1. The number of nitrogens with zero attached hydrogens (tertiary/aromatic N) is 1. The minimum Gasteiger partial charge on any atom is -0.495 e. The van der Waals surface area contributed by atoms with E-state index in [1.54, 1.807) is 26.2 Å². The molecule has 0 fully saturated rings. The number of nitrogens with one attached hydrogen (secondary N) is 3. The molecule has 0 spiro atoms. The standard InChI is InChI=1S/C30H28N4O3S/c1-20-27(29(36)34-24-15-9-10-16-25(24)37-2)28(22-13-7-4-8-14-22)23(17-31)30(33-20)38-19-26(35)32-18-21-11-5-3-6-12-21/h3-16,28,33H,18-19H2,1-2H3,(H,32,35)(H,34,36)/t28-/m1/s1. The quantitative estimate of drug-likeness (QED) is 0.361.